The smallest absolute Gasteiger partial charge is 0.273 e. The average molecular weight is 384 g/mol. The van der Waals surface area contributed by atoms with E-state index in [-0.39, 0.29) is 5.91 Å². The van der Waals surface area contributed by atoms with Gasteiger partial charge >= 0.3 is 0 Å². The maximum Gasteiger partial charge on any atom is 0.273 e. The van der Waals surface area contributed by atoms with Crippen LogP contribution in [0.1, 0.15) is 25.6 Å². The van der Waals surface area contributed by atoms with Crippen LogP contribution in [0.2, 0.25) is 5.02 Å². The summed E-state index contributed by atoms with van der Waals surface area (Å²) in [5, 5.41) is 9.03. The number of anilines is 1. The van der Waals surface area contributed by atoms with Crippen LogP contribution in [0.3, 0.4) is 0 Å². The van der Waals surface area contributed by atoms with Crippen molar-refractivity contribution in [3.05, 3.63) is 87.1 Å². The molecular formula is C19H14ClN3O2S. The summed E-state index contributed by atoms with van der Waals surface area (Å²) in [4.78, 5) is 25.2. The molecule has 2 aromatic carbocycles. The highest BCUT2D eigenvalue weighted by Crippen LogP contribution is 2.18. The molecule has 0 saturated carbocycles. The van der Waals surface area contributed by atoms with Crippen LogP contribution in [-0.4, -0.2) is 18.0 Å². The van der Waals surface area contributed by atoms with Crippen LogP contribution in [0.25, 0.3) is 0 Å². The first-order valence-electron chi connectivity index (χ1n) is 7.67. The highest BCUT2D eigenvalue weighted by atomic mass is 35.5. The molecule has 0 radical (unpaired) electrons. The molecule has 0 aliphatic carbocycles. The second kappa shape index (κ2) is 8.42. The van der Waals surface area contributed by atoms with Crippen molar-refractivity contribution >= 4 is 46.7 Å². The van der Waals surface area contributed by atoms with E-state index in [2.05, 4.69) is 15.8 Å². The third kappa shape index (κ3) is 4.36. The first-order chi connectivity index (χ1) is 12.6. The number of para-hydroxylation sites is 1. The van der Waals surface area contributed by atoms with E-state index < -0.39 is 5.91 Å². The Labute approximate surface area is 159 Å². The maximum atomic E-state index is 12.4. The first kappa shape index (κ1) is 17.8. The molecular weight excluding hydrogens is 370 g/mol. The van der Waals surface area contributed by atoms with Gasteiger partial charge in [0.05, 0.1) is 22.3 Å². The van der Waals surface area contributed by atoms with Gasteiger partial charge in [0.15, 0.2) is 0 Å². The van der Waals surface area contributed by atoms with Crippen LogP contribution in [0, 0.1) is 0 Å². The highest BCUT2D eigenvalue weighted by molar-refractivity contribution is 7.12. The van der Waals surface area contributed by atoms with Crippen LogP contribution in [-0.2, 0) is 0 Å². The molecule has 0 aliphatic heterocycles. The summed E-state index contributed by atoms with van der Waals surface area (Å²) >= 11 is 7.37. The number of halogens is 1. The lowest BCUT2D eigenvalue weighted by Crippen LogP contribution is -2.21. The van der Waals surface area contributed by atoms with Crippen LogP contribution in [0.4, 0.5) is 5.69 Å². The van der Waals surface area contributed by atoms with Gasteiger partial charge in [-0.3, -0.25) is 9.59 Å². The second-order valence-corrected chi connectivity index (χ2v) is 6.55. The lowest BCUT2D eigenvalue weighted by molar-refractivity contribution is 0.0956. The van der Waals surface area contributed by atoms with Crippen molar-refractivity contribution in [2.75, 3.05) is 5.32 Å². The van der Waals surface area contributed by atoms with Gasteiger partial charge in [-0.25, -0.2) is 5.43 Å². The predicted octanol–water partition coefficient (Wildman–Crippen LogP) is 4.42. The maximum absolute atomic E-state index is 12.4. The van der Waals surface area contributed by atoms with E-state index in [1.165, 1.54) is 17.6 Å². The highest BCUT2D eigenvalue weighted by Gasteiger charge is 2.14. The van der Waals surface area contributed by atoms with Gasteiger partial charge in [-0.15, -0.1) is 11.3 Å². The summed E-state index contributed by atoms with van der Waals surface area (Å²) in [6, 6.07) is 17.4. The Morgan fingerprint density at radius 1 is 0.962 bits per heavy atom. The van der Waals surface area contributed by atoms with Crippen molar-refractivity contribution in [3.8, 4) is 0 Å². The fraction of sp³-hybridized carbons (Fsp3) is 0. The third-order valence-electron chi connectivity index (χ3n) is 3.44. The summed E-state index contributed by atoms with van der Waals surface area (Å²) in [6.45, 7) is 0. The normalized spacial score (nSPS) is 10.7. The molecule has 1 aromatic heterocycles. The number of carbonyl (C=O) groups is 2. The van der Waals surface area contributed by atoms with Crippen molar-refractivity contribution in [1.29, 1.82) is 0 Å². The van der Waals surface area contributed by atoms with E-state index in [1.807, 2.05) is 17.5 Å². The molecule has 0 spiro atoms. The molecule has 0 fully saturated rings. The first-order valence-corrected chi connectivity index (χ1v) is 8.93. The minimum Gasteiger partial charge on any atom is -0.321 e. The van der Waals surface area contributed by atoms with Crippen molar-refractivity contribution in [2.45, 2.75) is 0 Å². The predicted molar refractivity (Wildman–Crippen MR) is 105 cm³/mol. The molecule has 0 bridgehead atoms. The summed E-state index contributed by atoms with van der Waals surface area (Å²) in [6.07, 6.45) is 1.47. The molecule has 0 saturated heterocycles. The summed E-state index contributed by atoms with van der Waals surface area (Å²) in [5.41, 5.74) is 3.86. The Bertz CT molecular complexity index is 955. The van der Waals surface area contributed by atoms with Gasteiger partial charge in [0.2, 0.25) is 0 Å². The molecule has 3 aromatic rings. The molecule has 2 N–H and O–H groups in total. The fourth-order valence-corrected chi connectivity index (χ4v) is 2.99. The van der Waals surface area contributed by atoms with Crippen LogP contribution < -0.4 is 10.7 Å². The number of nitrogens with one attached hydrogen (secondary N) is 2. The van der Waals surface area contributed by atoms with Gasteiger partial charge in [0.1, 0.15) is 0 Å². The molecule has 3 rings (SSSR count). The molecule has 1 heterocycles. The van der Waals surface area contributed by atoms with Crippen LogP contribution >= 0.6 is 22.9 Å². The Morgan fingerprint density at radius 3 is 2.50 bits per heavy atom. The average Bonchev–Trinajstić information content (AvgIpc) is 3.18. The lowest BCUT2D eigenvalue weighted by Gasteiger charge is -2.09. The van der Waals surface area contributed by atoms with Gasteiger partial charge in [0, 0.05) is 10.6 Å². The topological polar surface area (TPSA) is 70.6 Å². The van der Waals surface area contributed by atoms with Crippen molar-refractivity contribution in [3.63, 3.8) is 0 Å². The second-order valence-electron chi connectivity index (χ2n) is 5.20. The van der Waals surface area contributed by atoms with Gasteiger partial charge in [0.25, 0.3) is 11.8 Å². The number of hydrogen-bond donors (Lipinski definition) is 2. The van der Waals surface area contributed by atoms with Gasteiger partial charge in [-0.2, -0.15) is 5.10 Å². The minimum atomic E-state index is -0.435. The quantitative estimate of drug-likeness (QED) is 0.505. The number of amides is 2. The van der Waals surface area contributed by atoms with E-state index in [9.17, 15) is 9.59 Å². The Hall–Kier alpha value is -2.96. The number of thiophene rings is 1. The van der Waals surface area contributed by atoms with Crippen molar-refractivity contribution in [1.82, 2.24) is 5.43 Å². The standard InChI is InChI=1S/C19H14ClN3O2S/c20-15-8-3-1-6-13(15)12-21-23-18(24)14-7-2-4-9-16(14)22-19(25)17-10-5-11-26-17/h1-12H,(H,22,25)(H,23,24)/b21-12-. The number of hydrazone groups is 1. The molecule has 7 heteroatoms. The van der Waals surface area contributed by atoms with E-state index in [4.69, 9.17) is 11.6 Å². The van der Waals surface area contributed by atoms with E-state index in [1.54, 1.807) is 48.5 Å². The summed E-state index contributed by atoms with van der Waals surface area (Å²) in [7, 11) is 0. The van der Waals surface area contributed by atoms with Crippen molar-refractivity contribution < 1.29 is 9.59 Å². The van der Waals surface area contributed by atoms with Gasteiger partial charge < -0.3 is 5.32 Å². The molecule has 0 atom stereocenters. The van der Waals surface area contributed by atoms with E-state index >= 15 is 0 Å². The number of nitrogens with zero attached hydrogens (tertiary/aromatic N) is 1. The monoisotopic (exact) mass is 383 g/mol. The molecule has 5 nitrogen and oxygen atoms in total. The molecule has 0 unspecified atom stereocenters. The number of benzene rings is 2. The van der Waals surface area contributed by atoms with E-state index in [0.717, 1.165) is 0 Å². The van der Waals surface area contributed by atoms with E-state index in [0.29, 0.717) is 26.7 Å². The summed E-state index contributed by atoms with van der Waals surface area (Å²) < 4.78 is 0. The zero-order chi connectivity index (χ0) is 18.4. The molecule has 0 aliphatic rings. The Balaban J connectivity index is 1.72. The van der Waals surface area contributed by atoms with Crippen LogP contribution in [0.5, 0.6) is 0 Å². The van der Waals surface area contributed by atoms with Gasteiger partial charge in [-0.1, -0.05) is 48.0 Å². The lowest BCUT2D eigenvalue weighted by atomic mass is 10.1. The number of hydrogen-bond acceptors (Lipinski definition) is 4. The summed E-state index contributed by atoms with van der Waals surface area (Å²) in [5.74, 6) is -0.699. The number of carbonyl (C=O) groups excluding carboxylic acids is 2. The van der Waals surface area contributed by atoms with Crippen molar-refractivity contribution in [2.24, 2.45) is 5.10 Å². The Kier molecular flexibility index (Phi) is 5.78. The fourth-order valence-electron chi connectivity index (χ4n) is 2.18. The molecule has 2 amide bonds. The largest absolute Gasteiger partial charge is 0.321 e. The molecule has 26 heavy (non-hydrogen) atoms. The zero-order valence-corrected chi connectivity index (χ0v) is 15.1. The zero-order valence-electron chi connectivity index (χ0n) is 13.5. The Morgan fingerprint density at radius 2 is 1.73 bits per heavy atom. The minimum absolute atomic E-state index is 0.264. The number of rotatable bonds is 5. The van der Waals surface area contributed by atoms with Crippen LogP contribution in [0.15, 0.2) is 71.1 Å². The molecule has 130 valence electrons. The van der Waals surface area contributed by atoms with Gasteiger partial charge in [-0.05, 0) is 29.6 Å². The SMILES string of the molecule is O=C(Nc1ccccc1C(=O)N/N=C\c1ccccc1Cl)c1cccs1. The third-order valence-corrected chi connectivity index (χ3v) is 4.65.